The summed E-state index contributed by atoms with van der Waals surface area (Å²) in [4.78, 5) is 12.9. The number of benzene rings is 1. The van der Waals surface area contributed by atoms with Crippen molar-refractivity contribution >= 4 is 27.5 Å². The molecule has 1 amide bonds. The van der Waals surface area contributed by atoms with Crippen molar-refractivity contribution in [3.05, 3.63) is 30.1 Å². The fourth-order valence-corrected chi connectivity index (χ4v) is 3.66. The van der Waals surface area contributed by atoms with E-state index in [1.54, 1.807) is 0 Å². The van der Waals surface area contributed by atoms with Crippen LogP contribution < -0.4 is 0 Å². The molecular weight excluding hydrogens is 307 g/mol. The van der Waals surface area contributed by atoms with Crippen LogP contribution in [-0.2, 0) is 14.8 Å². The quantitative estimate of drug-likeness (QED) is 0.777. The zero-order valence-corrected chi connectivity index (χ0v) is 12.2. The highest BCUT2D eigenvalue weighted by atomic mass is 35.5. The van der Waals surface area contributed by atoms with Gasteiger partial charge in [0.05, 0.1) is 4.90 Å². The molecule has 1 fully saturated rings. The maximum atomic E-state index is 13.1. The summed E-state index contributed by atoms with van der Waals surface area (Å²) in [6, 6.07) is 4.89. The fraction of sp³-hybridized carbons (Fsp3) is 0.417. The number of nitrogens with zero attached hydrogens (tertiary/aromatic N) is 2. The minimum absolute atomic E-state index is 0.0744. The molecule has 0 radical (unpaired) electrons. The van der Waals surface area contributed by atoms with Crippen molar-refractivity contribution < 1.29 is 17.6 Å². The van der Waals surface area contributed by atoms with Gasteiger partial charge in [-0.15, -0.1) is 11.6 Å². The van der Waals surface area contributed by atoms with Crippen LogP contribution in [0, 0.1) is 5.82 Å². The van der Waals surface area contributed by atoms with Crippen LogP contribution in [0.3, 0.4) is 0 Å². The minimum atomic E-state index is -3.72. The average Bonchev–Trinajstić information content (AvgIpc) is 2.46. The van der Waals surface area contributed by atoms with Crippen molar-refractivity contribution in [3.63, 3.8) is 0 Å². The third-order valence-electron chi connectivity index (χ3n) is 3.14. The Morgan fingerprint density at radius 1 is 1.25 bits per heavy atom. The Labute approximate surface area is 122 Å². The number of carbonyl (C=O) groups is 1. The van der Waals surface area contributed by atoms with Gasteiger partial charge in [-0.25, -0.2) is 12.8 Å². The standard InChI is InChI=1S/C12H14ClFN2O3S/c13-9-12(17)15-4-6-16(7-5-15)20(18,19)11-3-1-2-10(14)8-11/h1-3,8H,4-7,9H2. The molecule has 0 atom stereocenters. The van der Waals surface area contributed by atoms with Crippen molar-refractivity contribution in [2.75, 3.05) is 32.1 Å². The summed E-state index contributed by atoms with van der Waals surface area (Å²) in [5.41, 5.74) is 0. The molecule has 1 aromatic carbocycles. The molecule has 0 saturated carbocycles. The lowest BCUT2D eigenvalue weighted by molar-refractivity contribution is -0.129. The van der Waals surface area contributed by atoms with Crippen molar-refractivity contribution in [3.8, 4) is 0 Å². The van der Waals surface area contributed by atoms with E-state index in [9.17, 15) is 17.6 Å². The van der Waals surface area contributed by atoms with E-state index in [2.05, 4.69) is 0 Å². The molecule has 2 rings (SSSR count). The molecule has 8 heteroatoms. The molecule has 0 unspecified atom stereocenters. The molecule has 0 spiro atoms. The molecule has 0 N–H and O–H groups in total. The SMILES string of the molecule is O=C(CCl)N1CCN(S(=O)(=O)c2cccc(F)c2)CC1. The molecule has 1 aliphatic heterocycles. The summed E-state index contributed by atoms with van der Waals surface area (Å²) in [5, 5.41) is 0. The van der Waals surface area contributed by atoms with E-state index in [1.165, 1.54) is 27.4 Å². The molecule has 0 aromatic heterocycles. The average molecular weight is 321 g/mol. The minimum Gasteiger partial charge on any atom is -0.339 e. The predicted octanol–water partition coefficient (Wildman–Crippen LogP) is 0.897. The van der Waals surface area contributed by atoms with Gasteiger partial charge >= 0.3 is 0 Å². The number of sulfonamides is 1. The zero-order valence-electron chi connectivity index (χ0n) is 10.6. The highest BCUT2D eigenvalue weighted by Gasteiger charge is 2.29. The second-order valence-corrected chi connectivity index (χ2v) is 6.58. The van der Waals surface area contributed by atoms with E-state index in [-0.39, 0.29) is 29.8 Å². The lowest BCUT2D eigenvalue weighted by Crippen LogP contribution is -2.50. The van der Waals surface area contributed by atoms with E-state index in [0.29, 0.717) is 13.1 Å². The Morgan fingerprint density at radius 3 is 2.45 bits per heavy atom. The van der Waals surface area contributed by atoms with Crippen molar-refractivity contribution in [2.45, 2.75) is 4.90 Å². The number of hydrogen-bond acceptors (Lipinski definition) is 3. The van der Waals surface area contributed by atoms with Crippen LogP contribution in [0.15, 0.2) is 29.2 Å². The first-order chi connectivity index (χ1) is 9.45. The third-order valence-corrected chi connectivity index (χ3v) is 5.26. The van der Waals surface area contributed by atoms with Crippen LogP contribution in [0.2, 0.25) is 0 Å². The smallest absolute Gasteiger partial charge is 0.243 e. The Morgan fingerprint density at radius 2 is 1.90 bits per heavy atom. The van der Waals surface area contributed by atoms with Crippen LogP contribution >= 0.6 is 11.6 Å². The lowest BCUT2D eigenvalue weighted by Gasteiger charge is -2.33. The van der Waals surface area contributed by atoms with Gasteiger partial charge in [-0.2, -0.15) is 4.31 Å². The second-order valence-electron chi connectivity index (χ2n) is 4.38. The van der Waals surface area contributed by atoms with Gasteiger partial charge in [-0.1, -0.05) is 6.07 Å². The fourth-order valence-electron chi connectivity index (χ4n) is 2.04. The van der Waals surface area contributed by atoms with Crippen LogP contribution in [-0.4, -0.2) is 55.6 Å². The maximum absolute atomic E-state index is 13.1. The van der Waals surface area contributed by atoms with Crippen molar-refractivity contribution in [2.24, 2.45) is 0 Å². The number of piperazine rings is 1. The number of rotatable bonds is 3. The summed E-state index contributed by atoms with van der Waals surface area (Å²) in [6.07, 6.45) is 0. The van der Waals surface area contributed by atoms with Gasteiger partial charge in [-0.3, -0.25) is 4.79 Å². The van der Waals surface area contributed by atoms with Crippen molar-refractivity contribution in [1.82, 2.24) is 9.21 Å². The Bertz CT molecular complexity index is 600. The number of hydrogen-bond donors (Lipinski definition) is 0. The summed E-state index contributed by atoms with van der Waals surface area (Å²) in [6.45, 7) is 0.948. The van der Waals surface area contributed by atoms with Crippen LogP contribution in [0.1, 0.15) is 0 Å². The molecular formula is C12H14ClFN2O3S. The number of carbonyl (C=O) groups excluding carboxylic acids is 1. The molecule has 5 nitrogen and oxygen atoms in total. The molecule has 20 heavy (non-hydrogen) atoms. The Kier molecular flexibility index (Phi) is 4.62. The monoisotopic (exact) mass is 320 g/mol. The van der Waals surface area contributed by atoms with Gasteiger partial charge < -0.3 is 4.90 Å². The molecule has 1 aromatic rings. The van der Waals surface area contributed by atoms with Crippen LogP contribution in [0.4, 0.5) is 4.39 Å². The van der Waals surface area contributed by atoms with E-state index >= 15 is 0 Å². The van der Waals surface area contributed by atoms with Crippen LogP contribution in [0.5, 0.6) is 0 Å². The summed E-state index contributed by atoms with van der Waals surface area (Å²) < 4.78 is 39.0. The van der Waals surface area contributed by atoms with Crippen molar-refractivity contribution in [1.29, 1.82) is 0 Å². The van der Waals surface area contributed by atoms with Gasteiger partial charge in [0.2, 0.25) is 15.9 Å². The number of halogens is 2. The molecule has 1 aliphatic rings. The van der Waals surface area contributed by atoms with E-state index < -0.39 is 15.8 Å². The third kappa shape index (κ3) is 3.11. The Balaban J connectivity index is 2.11. The summed E-state index contributed by atoms with van der Waals surface area (Å²) in [5.74, 6) is -0.923. The molecule has 110 valence electrons. The number of alkyl halides is 1. The lowest BCUT2D eigenvalue weighted by atomic mass is 10.3. The number of amides is 1. The van der Waals surface area contributed by atoms with Gasteiger partial charge in [0, 0.05) is 26.2 Å². The topological polar surface area (TPSA) is 57.7 Å². The molecule has 1 saturated heterocycles. The zero-order chi connectivity index (χ0) is 14.8. The normalized spacial score (nSPS) is 17.2. The predicted molar refractivity (Wildman–Crippen MR) is 72.5 cm³/mol. The first kappa shape index (κ1) is 15.2. The summed E-state index contributed by atoms with van der Waals surface area (Å²) in [7, 11) is -3.72. The van der Waals surface area contributed by atoms with E-state index in [1.807, 2.05) is 0 Å². The van der Waals surface area contributed by atoms with Crippen LogP contribution in [0.25, 0.3) is 0 Å². The first-order valence-electron chi connectivity index (χ1n) is 6.04. The molecule has 0 aliphatic carbocycles. The van der Waals surface area contributed by atoms with Gasteiger partial charge in [0.15, 0.2) is 0 Å². The highest BCUT2D eigenvalue weighted by molar-refractivity contribution is 7.89. The Hall–Kier alpha value is -1.18. The molecule has 0 bridgehead atoms. The highest BCUT2D eigenvalue weighted by Crippen LogP contribution is 2.18. The van der Waals surface area contributed by atoms with Gasteiger partial charge in [0.1, 0.15) is 11.7 Å². The van der Waals surface area contributed by atoms with Gasteiger partial charge in [-0.05, 0) is 18.2 Å². The van der Waals surface area contributed by atoms with Gasteiger partial charge in [0.25, 0.3) is 0 Å². The largest absolute Gasteiger partial charge is 0.339 e. The second kappa shape index (κ2) is 6.07. The molecule has 1 heterocycles. The van der Waals surface area contributed by atoms with E-state index in [0.717, 1.165) is 6.07 Å². The maximum Gasteiger partial charge on any atom is 0.243 e. The van der Waals surface area contributed by atoms with E-state index in [4.69, 9.17) is 11.6 Å². The first-order valence-corrected chi connectivity index (χ1v) is 8.02. The summed E-state index contributed by atoms with van der Waals surface area (Å²) >= 11 is 5.46.